The van der Waals surface area contributed by atoms with Gasteiger partial charge in [0.05, 0.1) is 21.8 Å². The van der Waals surface area contributed by atoms with E-state index in [9.17, 15) is 5.11 Å². The number of hydrogen-bond donors (Lipinski definition) is 1. The predicted molar refractivity (Wildman–Crippen MR) is 213 cm³/mol. The van der Waals surface area contributed by atoms with Crippen molar-refractivity contribution >= 4 is 21.8 Å². The highest BCUT2D eigenvalue weighted by Crippen LogP contribution is 2.30. The largest absolute Gasteiger partial charge is 0.474 e. The molecular weight excluding hydrogens is 677 g/mol. The predicted octanol–water partition coefficient (Wildman–Crippen LogP) is 9.63. The second kappa shape index (κ2) is 17.5. The van der Waals surface area contributed by atoms with Crippen LogP contribution >= 0.6 is 0 Å². The summed E-state index contributed by atoms with van der Waals surface area (Å²) in [7, 11) is 0. The molecule has 282 valence electrons. The van der Waals surface area contributed by atoms with Gasteiger partial charge in [0.1, 0.15) is 38.1 Å². The number of aliphatic hydroxyl groups is 1. The Kier molecular flexibility index (Phi) is 12.5. The maximum atomic E-state index is 10.4. The van der Waals surface area contributed by atoms with Crippen LogP contribution in [0.25, 0.3) is 21.8 Å². The Morgan fingerprint density at radius 3 is 1.63 bits per heavy atom. The van der Waals surface area contributed by atoms with Crippen LogP contribution in [0, 0.1) is 0 Å². The van der Waals surface area contributed by atoms with Crippen molar-refractivity contribution in [2.45, 2.75) is 90.1 Å². The van der Waals surface area contributed by atoms with Gasteiger partial charge in [-0.05, 0) is 76.6 Å². The molecule has 9 nitrogen and oxygen atoms in total. The molecule has 0 aliphatic carbocycles. The summed E-state index contributed by atoms with van der Waals surface area (Å²) < 4.78 is 24.0. The lowest BCUT2D eigenvalue weighted by atomic mass is 9.86. The molecule has 9 heteroatoms. The number of rotatable bonds is 10. The molecule has 1 N–H and O–H groups in total. The summed E-state index contributed by atoms with van der Waals surface area (Å²) in [5.74, 6) is 1.07. The number of benzene rings is 4. The van der Waals surface area contributed by atoms with Crippen LogP contribution in [0.2, 0.25) is 0 Å². The topological polar surface area (TPSA) is 109 Å². The third kappa shape index (κ3) is 10.2. The number of fused-ring (bicyclic) bond motifs is 2. The number of hydrogen-bond acceptors (Lipinski definition) is 9. The fourth-order valence-electron chi connectivity index (χ4n) is 6.22. The van der Waals surface area contributed by atoms with Gasteiger partial charge in [-0.3, -0.25) is 0 Å². The van der Waals surface area contributed by atoms with E-state index >= 15 is 0 Å². The number of ether oxygens (including phenoxy) is 4. The van der Waals surface area contributed by atoms with Crippen LogP contribution in [0.4, 0.5) is 0 Å². The second-order valence-electron chi connectivity index (χ2n) is 15.7. The molecule has 3 atom stereocenters. The molecule has 3 unspecified atom stereocenters. The minimum absolute atomic E-state index is 0.0971. The van der Waals surface area contributed by atoms with E-state index in [0.717, 1.165) is 58.8 Å². The van der Waals surface area contributed by atoms with Gasteiger partial charge in [0.25, 0.3) is 0 Å². The van der Waals surface area contributed by atoms with Gasteiger partial charge in [-0.1, -0.05) is 114 Å². The van der Waals surface area contributed by atoms with Gasteiger partial charge < -0.3 is 24.1 Å². The van der Waals surface area contributed by atoms with Crippen molar-refractivity contribution in [2.24, 2.45) is 0 Å². The molecule has 1 saturated heterocycles. The van der Waals surface area contributed by atoms with Gasteiger partial charge in [0, 0.05) is 6.61 Å². The molecule has 0 spiro atoms. The summed E-state index contributed by atoms with van der Waals surface area (Å²) in [4.78, 5) is 17.0. The summed E-state index contributed by atoms with van der Waals surface area (Å²) >= 11 is 0. The summed E-state index contributed by atoms with van der Waals surface area (Å²) in [5.41, 5.74) is 6.34. The first kappa shape index (κ1) is 38.8. The first-order valence-corrected chi connectivity index (χ1v) is 18.8. The zero-order chi connectivity index (χ0) is 38.1. The molecule has 4 aromatic carbocycles. The van der Waals surface area contributed by atoms with E-state index in [4.69, 9.17) is 18.9 Å². The van der Waals surface area contributed by atoms with Crippen molar-refractivity contribution in [3.05, 3.63) is 132 Å². The van der Waals surface area contributed by atoms with Gasteiger partial charge >= 0.3 is 0 Å². The quantitative estimate of drug-likeness (QED) is 0.148. The Bertz CT molecular complexity index is 2080. The van der Waals surface area contributed by atoms with Gasteiger partial charge in [-0.2, -0.15) is 0 Å². The molecule has 3 heterocycles. The minimum atomic E-state index is -0.701. The molecule has 0 amide bonds. The zero-order valence-corrected chi connectivity index (χ0v) is 32.2. The summed E-state index contributed by atoms with van der Waals surface area (Å²) in [6.45, 7) is 14.4. The fourth-order valence-corrected chi connectivity index (χ4v) is 6.22. The summed E-state index contributed by atoms with van der Waals surface area (Å²) in [6, 6.07) is 32.1. The third-order valence-corrected chi connectivity index (χ3v) is 9.53. The Morgan fingerprint density at radius 2 is 1.13 bits per heavy atom. The second-order valence-corrected chi connectivity index (χ2v) is 15.7. The number of aliphatic hydroxyl groups excluding tert-OH is 1. The standard InChI is InChI=1S/C25H30N2O3.C20H22N2O2/c1-25(2,3)19-13-11-18(12-14-19)22(30-23-10-6-7-15-28-23)16-29-24-20-8-4-5-9-21(20)26-17-27-24;1-20(2,3)15-10-8-14(9-11-15)18(23)12-24-19-16-6-4-5-7-17(16)21-13-22-19/h4-5,8-9,11-14,17,22-23H,6-7,10,15-16H2,1-3H3;4-11,13,18,23H,12H2,1-3H3. The monoisotopic (exact) mass is 728 g/mol. The maximum Gasteiger partial charge on any atom is 0.224 e. The highest BCUT2D eigenvalue weighted by Gasteiger charge is 2.24. The van der Waals surface area contributed by atoms with Crippen molar-refractivity contribution < 1.29 is 24.1 Å². The van der Waals surface area contributed by atoms with E-state index in [1.807, 2.05) is 60.7 Å². The van der Waals surface area contributed by atoms with Gasteiger partial charge in [0.2, 0.25) is 11.8 Å². The average Bonchev–Trinajstić information content (AvgIpc) is 3.18. The lowest BCUT2D eigenvalue weighted by Crippen LogP contribution is -2.27. The average molecular weight is 729 g/mol. The molecule has 1 aliphatic rings. The van der Waals surface area contributed by atoms with Gasteiger partial charge in [-0.15, -0.1) is 0 Å². The minimum Gasteiger partial charge on any atom is -0.474 e. The molecular formula is C45H52N4O5. The first-order chi connectivity index (χ1) is 26.0. The Labute approximate surface area is 318 Å². The SMILES string of the molecule is CC(C)(C)c1ccc(C(COc2ncnc3ccccc23)OC2CCCCO2)cc1.CC(C)(C)c1ccc(C(O)COc2ncnc3ccccc23)cc1. The molecule has 6 aromatic rings. The van der Waals surface area contributed by atoms with Crippen molar-refractivity contribution in [1.29, 1.82) is 0 Å². The molecule has 0 radical (unpaired) electrons. The molecule has 54 heavy (non-hydrogen) atoms. The van der Waals surface area contributed by atoms with E-state index in [1.54, 1.807) is 0 Å². The van der Waals surface area contributed by atoms with Crippen molar-refractivity contribution in [3.8, 4) is 11.8 Å². The molecule has 0 saturated carbocycles. The van der Waals surface area contributed by atoms with Crippen molar-refractivity contribution in [3.63, 3.8) is 0 Å². The van der Waals surface area contributed by atoms with Crippen LogP contribution in [0.15, 0.2) is 110 Å². The van der Waals surface area contributed by atoms with Crippen molar-refractivity contribution in [1.82, 2.24) is 19.9 Å². The van der Waals surface area contributed by atoms with Crippen LogP contribution in [-0.4, -0.2) is 51.2 Å². The Hall–Kier alpha value is -4.96. The molecule has 2 aromatic heterocycles. The normalized spacial score (nSPS) is 15.9. The van der Waals surface area contributed by atoms with Gasteiger partial charge in [0.15, 0.2) is 6.29 Å². The van der Waals surface area contributed by atoms with Crippen LogP contribution < -0.4 is 9.47 Å². The van der Waals surface area contributed by atoms with Crippen LogP contribution in [-0.2, 0) is 20.3 Å². The summed E-state index contributed by atoms with van der Waals surface area (Å²) in [6.07, 6.45) is 5.00. The van der Waals surface area contributed by atoms with E-state index in [1.165, 1.54) is 23.8 Å². The van der Waals surface area contributed by atoms with E-state index in [2.05, 4.69) is 97.9 Å². The van der Waals surface area contributed by atoms with E-state index < -0.39 is 6.10 Å². The third-order valence-electron chi connectivity index (χ3n) is 9.53. The lowest BCUT2D eigenvalue weighted by Gasteiger charge is -2.28. The van der Waals surface area contributed by atoms with Crippen LogP contribution in [0.3, 0.4) is 0 Å². The highest BCUT2D eigenvalue weighted by molar-refractivity contribution is 5.83. The van der Waals surface area contributed by atoms with Gasteiger partial charge in [-0.25, -0.2) is 19.9 Å². The smallest absolute Gasteiger partial charge is 0.224 e. The van der Waals surface area contributed by atoms with E-state index in [0.29, 0.717) is 18.4 Å². The fraction of sp³-hybridized carbons (Fsp3) is 0.378. The molecule has 1 fully saturated rings. The molecule has 7 rings (SSSR count). The zero-order valence-electron chi connectivity index (χ0n) is 32.2. The van der Waals surface area contributed by atoms with E-state index in [-0.39, 0.29) is 29.8 Å². The van der Waals surface area contributed by atoms with Crippen LogP contribution in [0.5, 0.6) is 11.8 Å². The Balaban J connectivity index is 0.000000189. The number of aromatic nitrogens is 4. The number of nitrogens with zero attached hydrogens (tertiary/aromatic N) is 4. The molecule has 0 bridgehead atoms. The lowest BCUT2D eigenvalue weighted by molar-refractivity contribution is -0.195. The Morgan fingerprint density at radius 1 is 0.630 bits per heavy atom. The first-order valence-electron chi connectivity index (χ1n) is 18.8. The molecule has 1 aliphatic heterocycles. The van der Waals surface area contributed by atoms with Crippen molar-refractivity contribution in [2.75, 3.05) is 19.8 Å². The number of para-hydroxylation sites is 2. The summed E-state index contributed by atoms with van der Waals surface area (Å²) in [5, 5.41) is 12.1. The maximum absolute atomic E-state index is 10.4. The highest BCUT2D eigenvalue weighted by atomic mass is 16.7. The van der Waals surface area contributed by atoms with Crippen LogP contribution in [0.1, 0.15) is 95.3 Å².